The van der Waals surface area contributed by atoms with Crippen molar-refractivity contribution in [2.75, 3.05) is 6.54 Å². The molecule has 0 spiro atoms. The lowest BCUT2D eigenvalue weighted by Gasteiger charge is -2.52. The summed E-state index contributed by atoms with van der Waals surface area (Å²) in [6, 6.07) is 11.6. The quantitative estimate of drug-likeness (QED) is 0.864. The zero-order chi connectivity index (χ0) is 13.4. The summed E-state index contributed by atoms with van der Waals surface area (Å²) in [6.07, 6.45) is 12.3. The third-order valence-electron chi connectivity index (χ3n) is 5.95. The van der Waals surface area contributed by atoms with Crippen molar-refractivity contribution in [1.82, 2.24) is 0 Å². The summed E-state index contributed by atoms with van der Waals surface area (Å²) in [5.41, 5.74) is 1.32. The topological polar surface area (TPSA) is 16.6 Å². The molecule has 0 aliphatic heterocycles. The third-order valence-corrected chi connectivity index (χ3v) is 5.95. The molecular formula is C19H26N+. The van der Waals surface area contributed by atoms with E-state index in [-0.39, 0.29) is 0 Å². The van der Waals surface area contributed by atoms with Gasteiger partial charge in [-0.3, -0.25) is 0 Å². The van der Waals surface area contributed by atoms with Gasteiger partial charge in [0, 0.05) is 11.8 Å². The Morgan fingerprint density at radius 3 is 2.20 bits per heavy atom. The number of hydrogen-bond donors (Lipinski definition) is 1. The fourth-order valence-electron chi connectivity index (χ4n) is 5.36. The first-order chi connectivity index (χ1) is 9.88. The predicted octanol–water partition coefficient (Wildman–Crippen LogP) is 3.09. The van der Waals surface area contributed by atoms with Crippen LogP contribution in [0.2, 0.25) is 0 Å². The van der Waals surface area contributed by atoms with E-state index in [4.69, 9.17) is 0 Å². The lowest BCUT2D eigenvalue weighted by Crippen LogP contribution is -2.94. The highest BCUT2D eigenvalue weighted by Crippen LogP contribution is 2.52. The van der Waals surface area contributed by atoms with Gasteiger partial charge in [-0.25, -0.2) is 0 Å². The molecule has 1 nitrogen and oxygen atoms in total. The van der Waals surface area contributed by atoms with Crippen LogP contribution in [0.15, 0.2) is 36.4 Å². The van der Waals surface area contributed by atoms with E-state index in [1.165, 1.54) is 31.2 Å². The van der Waals surface area contributed by atoms with Gasteiger partial charge >= 0.3 is 0 Å². The van der Waals surface area contributed by atoms with Crippen LogP contribution in [0.5, 0.6) is 0 Å². The van der Waals surface area contributed by atoms with Gasteiger partial charge in [-0.15, -0.1) is 0 Å². The predicted molar refractivity (Wildman–Crippen MR) is 83.1 cm³/mol. The summed E-state index contributed by atoms with van der Waals surface area (Å²) >= 11 is 0. The molecule has 2 N–H and O–H groups in total. The maximum Gasteiger partial charge on any atom is 0.0947 e. The van der Waals surface area contributed by atoms with Crippen molar-refractivity contribution in [2.24, 2.45) is 23.7 Å². The van der Waals surface area contributed by atoms with Crippen LogP contribution < -0.4 is 5.32 Å². The zero-order valence-corrected chi connectivity index (χ0v) is 12.2. The molecule has 0 unspecified atom stereocenters. The molecule has 5 rings (SSSR count). The normalized spacial score (nSPS) is 38.7. The van der Waals surface area contributed by atoms with Gasteiger partial charge in [0.1, 0.15) is 0 Å². The first kappa shape index (κ1) is 12.6. The minimum Gasteiger partial charge on any atom is -0.340 e. The smallest absolute Gasteiger partial charge is 0.0947 e. The molecular weight excluding hydrogens is 242 g/mol. The maximum atomic E-state index is 2.65. The van der Waals surface area contributed by atoms with Gasteiger partial charge in [0.25, 0.3) is 0 Å². The van der Waals surface area contributed by atoms with Crippen molar-refractivity contribution in [2.45, 2.75) is 38.1 Å². The van der Waals surface area contributed by atoms with E-state index < -0.39 is 0 Å². The van der Waals surface area contributed by atoms with Gasteiger partial charge in [0.2, 0.25) is 0 Å². The van der Waals surface area contributed by atoms with E-state index in [1.54, 1.807) is 6.42 Å². The van der Waals surface area contributed by atoms with Crippen LogP contribution in [-0.2, 0) is 0 Å². The van der Waals surface area contributed by atoms with Crippen molar-refractivity contribution in [3.8, 4) is 0 Å². The van der Waals surface area contributed by atoms with E-state index in [9.17, 15) is 0 Å². The molecule has 0 radical (unpaired) electrons. The first-order valence-electron chi connectivity index (χ1n) is 8.43. The Labute approximate surface area is 122 Å². The summed E-state index contributed by atoms with van der Waals surface area (Å²) in [5, 5.41) is 2.65. The molecule has 0 aromatic heterocycles. The molecule has 1 heteroatoms. The van der Waals surface area contributed by atoms with Gasteiger partial charge in [-0.1, -0.05) is 36.4 Å². The van der Waals surface area contributed by atoms with Crippen LogP contribution in [-0.4, -0.2) is 12.6 Å². The molecule has 4 bridgehead atoms. The van der Waals surface area contributed by atoms with E-state index >= 15 is 0 Å². The highest BCUT2D eigenvalue weighted by Gasteiger charge is 2.49. The van der Waals surface area contributed by atoms with E-state index in [2.05, 4.69) is 47.8 Å². The second-order valence-corrected chi connectivity index (χ2v) is 7.29. The number of nitrogens with two attached hydrogens (primary N) is 1. The van der Waals surface area contributed by atoms with Crippen molar-refractivity contribution in [3.05, 3.63) is 42.0 Å². The van der Waals surface area contributed by atoms with E-state index in [0.29, 0.717) is 0 Å². The first-order valence-corrected chi connectivity index (χ1v) is 8.43. The molecule has 106 valence electrons. The molecule has 0 saturated heterocycles. The van der Waals surface area contributed by atoms with Crippen LogP contribution in [0, 0.1) is 23.7 Å². The van der Waals surface area contributed by atoms with Gasteiger partial charge in [0.15, 0.2) is 0 Å². The molecule has 4 aliphatic carbocycles. The molecule has 1 aromatic carbocycles. The average Bonchev–Trinajstić information content (AvgIpc) is 2.46. The summed E-state index contributed by atoms with van der Waals surface area (Å²) < 4.78 is 0. The Kier molecular flexibility index (Phi) is 3.39. The Morgan fingerprint density at radius 1 is 0.900 bits per heavy atom. The standard InChI is InChI=1S/C19H25N/c1-2-5-14(6-3-1)7-4-8-20-19-17-10-15-9-16(12-17)13-18(19)11-15/h1-7,15-20H,8-13H2/p+1/b7-4+. The Balaban J connectivity index is 1.33. The zero-order valence-electron chi connectivity index (χ0n) is 12.2. The lowest BCUT2D eigenvalue weighted by atomic mass is 9.54. The number of rotatable bonds is 4. The summed E-state index contributed by atoms with van der Waals surface area (Å²) in [4.78, 5) is 0. The second kappa shape index (κ2) is 5.37. The van der Waals surface area contributed by atoms with Gasteiger partial charge in [-0.05, 0) is 55.6 Å². The number of quaternary nitrogens is 1. The molecule has 0 atom stereocenters. The number of hydrogen-bond acceptors (Lipinski definition) is 0. The van der Waals surface area contributed by atoms with Gasteiger partial charge < -0.3 is 5.32 Å². The molecule has 4 aliphatic rings. The van der Waals surface area contributed by atoms with Crippen LogP contribution >= 0.6 is 0 Å². The molecule has 1 aromatic rings. The van der Waals surface area contributed by atoms with Crippen LogP contribution in [0.1, 0.15) is 37.7 Å². The monoisotopic (exact) mass is 268 g/mol. The van der Waals surface area contributed by atoms with Gasteiger partial charge in [0.05, 0.1) is 12.6 Å². The summed E-state index contributed by atoms with van der Waals surface area (Å²) in [6.45, 7) is 1.15. The summed E-state index contributed by atoms with van der Waals surface area (Å²) in [7, 11) is 0. The van der Waals surface area contributed by atoms with E-state index in [1.807, 2.05) is 0 Å². The largest absolute Gasteiger partial charge is 0.340 e. The highest BCUT2D eigenvalue weighted by atomic mass is 14.9. The van der Waals surface area contributed by atoms with Crippen molar-refractivity contribution >= 4 is 6.08 Å². The minimum absolute atomic E-state index is 0.934. The number of benzene rings is 1. The van der Waals surface area contributed by atoms with Crippen LogP contribution in [0.4, 0.5) is 0 Å². The maximum absolute atomic E-state index is 2.65. The van der Waals surface area contributed by atoms with Crippen molar-refractivity contribution in [1.29, 1.82) is 0 Å². The van der Waals surface area contributed by atoms with Crippen molar-refractivity contribution in [3.63, 3.8) is 0 Å². The second-order valence-electron chi connectivity index (χ2n) is 7.29. The third kappa shape index (κ3) is 2.44. The fourth-order valence-corrected chi connectivity index (χ4v) is 5.36. The fraction of sp³-hybridized carbons (Fsp3) is 0.579. The molecule has 0 heterocycles. The minimum atomic E-state index is 0.934. The molecule has 4 fully saturated rings. The highest BCUT2D eigenvalue weighted by molar-refractivity contribution is 5.48. The van der Waals surface area contributed by atoms with Gasteiger partial charge in [-0.2, -0.15) is 0 Å². The Hall–Kier alpha value is -1.08. The van der Waals surface area contributed by atoms with Crippen molar-refractivity contribution < 1.29 is 5.32 Å². The SMILES string of the molecule is C(=C\c1ccccc1)/C[NH2+]C1C2CC3CC(C2)CC1C3. The van der Waals surface area contributed by atoms with Crippen LogP contribution in [0.3, 0.4) is 0 Å². The summed E-state index contributed by atoms with van der Waals surface area (Å²) in [5.74, 6) is 4.27. The molecule has 20 heavy (non-hydrogen) atoms. The average molecular weight is 268 g/mol. The Bertz CT molecular complexity index is 448. The van der Waals surface area contributed by atoms with E-state index in [0.717, 1.165) is 36.3 Å². The molecule has 0 amide bonds. The Morgan fingerprint density at radius 2 is 1.55 bits per heavy atom. The van der Waals surface area contributed by atoms with Crippen LogP contribution in [0.25, 0.3) is 6.08 Å². The molecule has 4 saturated carbocycles. The lowest BCUT2D eigenvalue weighted by molar-refractivity contribution is -0.701.